The lowest BCUT2D eigenvalue weighted by atomic mass is 10.1. The van der Waals surface area contributed by atoms with Gasteiger partial charge in [0.1, 0.15) is 0 Å². The van der Waals surface area contributed by atoms with Gasteiger partial charge in [-0.1, -0.05) is 42.5 Å². The summed E-state index contributed by atoms with van der Waals surface area (Å²) in [4.78, 5) is 14.3. The van der Waals surface area contributed by atoms with Gasteiger partial charge in [0.2, 0.25) is 15.9 Å². The highest BCUT2D eigenvalue weighted by Crippen LogP contribution is 2.18. The first-order chi connectivity index (χ1) is 13.5. The van der Waals surface area contributed by atoms with Gasteiger partial charge < -0.3 is 9.64 Å². The summed E-state index contributed by atoms with van der Waals surface area (Å²) in [6, 6.07) is 15.8. The normalized spacial score (nSPS) is 16.0. The molecule has 1 atom stereocenters. The van der Waals surface area contributed by atoms with Crippen LogP contribution >= 0.6 is 0 Å². The van der Waals surface area contributed by atoms with E-state index in [2.05, 4.69) is 4.72 Å². The topological polar surface area (TPSA) is 75.7 Å². The van der Waals surface area contributed by atoms with E-state index in [0.29, 0.717) is 39.1 Å². The van der Waals surface area contributed by atoms with Crippen LogP contribution in [0.3, 0.4) is 0 Å². The number of benzene rings is 2. The lowest BCUT2D eigenvalue weighted by Crippen LogP contribution is -2.40. The van der Waals surface area contributed by atoms with E-state index in [9.17, 15) is 13.2 Å². The molecule has 1 heterocycles. The van der Waals surface area contributed by atoms with Gasteiger partial charge in [0.05, 0.1) is 18.1 Å². The van der Waals surface area contributed by atoms with Gasteiger partial charge in [-0.25, -0.2) is 13.1 Å². The summed E-state index contributed by atoms with van der Waals surface area (Å²) in [6.45, 7) is 4.28. The number of nitrogens with zero attached hydrogens (tertiary/aromatic N) is 1. The molecule has 1 aliphatic rings. The molecule has 2 aromatic carbocycles. The molecule has 1 saturated heterocycles. The van der Waals surface area contributed by atoms with Crippen molar-refractivity contribution in [2.45, 2.75) is 30.7 Å². The molecule has 3 rings (SSSR count). The number of ether oxygens (including phenoxy) is 1. The van der Waals surface area contributed by atoms with Crippen LogP contribution in [0.2, 0.25) is 0 Å². The molecule has 1 aliphatic heterocycles. The average molecular weight is 403 g/mol. The number of sulfonamides is 1. The summed E-state index contributed by atoms with van der Waals surface area (Å²) in [5.74, 6) is 0.110. The maximum absolute atomic E-state index is 12.6. The van der Waals surface area contributed by atoms with Gasteiger partial charge in [-0.05, 0) is 36.6 Å². The summed E-state index contributed by atoms with van der Waals surface area (Å²) in [5.41, 5.74) is 1.85. The predicted molar refractivity (Wildman–Crippen MR) is 107 cm³/mol. The Balaban J connectivity index is 1.57. The first kappa shape index (κ1) is 20.5. The second kappa shape index (κ2) is 9.32. The zero-order chi connectivity index (χ0) is 20.0. The average Bonchev–Trinajstić information content (AvgIpc) is 2.73. The molecule has 1 fully saturated rings. The Hall–Kier alpha value is -2.22. The van der Waals surface area contributed by atoms with Crippen molar-refractivity contribution < 1.29 is 17.9 Å². The number of amides is 1. The SMILES string of the molecule is C[C@H](NS(=O)(=O)c1ccc(CCC(=O)N2CCOCC2)cc1)c1ccccc1. The summed E-state index contributed by atoms with van der Waals surface area (Å²) < 4.78 is 33.2. The summed E-state index contributed by atoms with van der Waals surface area (Å²) in [7, 11) is -3.61. The Morgan fingerprint density at radius 2 is 1.71 bits per heavy atom. The second-order valence-corrected chi connectivity index (χ2v) is 8.60. The van der Waals surface area contributed by atoms with Crippen LogP contribution in [0.1, 0.15) is 30.5 Å². The van der Waals surface area contributed by atoms with Gasteiger partial charge >= 0.3 is 0 Å². The molecule has 0 unspecified atom stereocenters. The number of hydrogen-bond donors (Lipinski definition) is 1. The molecular weight excluding hydrogens is 376 g/mol. The summed E-state index contributed by atoms with van der Waals surface area (Å²) in [5, 5.41) is 0. The number of aryl methyl sites for hydroxylation is 1. The standard InChI is InChI=1S/C21H26N2O4S/c1-17(19-5-3-2-4-6-19)22-28(25,26)20-10-7-18(8-11-20)9-12-21(24)23-13-15-27-16-14-23/h2-8,10-11,17,22H,9,12-16H2,1H3/t17-/m0/s1. The smallest absolute Gasteiger partial charge is 0.241 e. The minimum atomic E-state index is -3.61. The van der Waals surface area contributed by atoms with E-state index < -0.39 is 10.0 Å². The van der Waals surface area contributed by atoms with Gasteiger partial charge in [-0.3, -0.25) is 4.79 Å². The van der Waals surface area contributed by atoms with Gasteiger partial charge in [-0.2, -0.15) is 0 Å². The number of carbonyl (C=O) groups is 1. The Kier molecular flexibility index (Phi) is 6.83. The van der Waals surface area contributed by atoms with Crippen LogP contribution in [0.25, 0.3) is 0 Å². The minimum Gasteiger partial charge on any atom is -0.378 e. The maximum Gasteiger partial charge on any atom is 0.241 e. The number of morpholine rings is 1. The van der Waals surface area contributed by atoms with E-state index >= 15 is 0 Å². The minimum absolute atomic E-state index is 0.110. The molecule has 0 saturated carbocycles. The van der Waals surface area contributed by atoms with Crippen molar-refractivity contribution in [2.24, 2.45) is 0 Å². The fraction of sp³-hybridized carbons (Fsp3) is 0.381. The molecule has 7 heteroatoms. The first-order valence-electron chi connectivity index (χ1n) is 9.47. The predicted octanol–water partition coefficient (Wildman–Crippen LogP) is 2.52. The second-order valence-electron chi connectivity index (χ2n) is 6.89. The van der Waals surface area contributed by atoms with E-state index in [-0.39, 0.29) is 16.8 Å². The largest absolute Gasteiger partial charge is 0.378 e. The van der Waals surface area contributed by atoms with E-state index in [4.69, 9.17) is 4.74 Å². The molecule has 1 N–H and O–H groups in total. The van der Waals surface area contributed by atoms with Crippen LogP contribution in [-0.2, 0) is 26.0 Å². The fourth-order valence-corrected chi connectivity index (χ4v) is 4.40. The van der Waals surface area contributed by atoms with Crippen molar-refractivity contribution in [3.63, 3.8) is 0 Å². The van der Waals surface area contributed by atoms with Crippen LogP contribution in [0.15, 0.2) is 59.5 Å². The summed E-state index contributed by atoms with van der Waals surface area (Å²) >= 11 is 0. The zero-order valence-electron chi connectivity index (χ0n) is 16.0. The van der Waals surface area contributed by atoms with Crippen LogP contribution in [-0.4, -0.2) is 45.5 Å². The first-order valence-corrected chi connectivity index (χ1v) is 11.0. The quantitative estimate of drug-likeness (QED) is 0.772. The third-order valence-corrected chi connectivity index (χ3v) is 6.41. The Labute approximate surface area is 166 Å². The molecule has 0 bridgehead atoms. The van der Waals surface area contributed by atoms with Crippen LogP contribution in [0.4, 0.5) is 0 Å². The molecular formula is C21H26N2O4S. The molecule has 1 amide bonds. The van der Waals surface area contributed by atoms with Crippen LogP contribution < -0.4 is 4.72 Å². The lowest BCUT2D eigenvalue weighted by molar-refractivity contribution is -0.135. The van der Waals surface area contributed by atoms with Gasteiger partial charge in [0.15, 0.2) is 0 Å². The highest BCUT2D eigenvalue weighted by Gasteiger charge is 2.19. The molecule has 0 radical (unpaired) electrons. The fourth-order valence-electron chi connectivity index (χ4n) is 3.17. The number of rotatable bonds is 7. The molecule has 0 aliphatic carbocycles. The molecule has 0 aromatic heterocycles. The van der Waals surface area contributed by atoms with Crippen LogP contribution in [0.5, 0.6) is 0 Å². The Bertz CT molecular complexity index is 876. The van der Waals surface area contributed by atoms with Crippen molar-refractivity contribution in [3.8, 4) is 0 Å². The van der Waals surface area contributed by atoms with E-state index in [0.717, 1.165) is 11.1 Å². The zero-order valence-corrected chi connectivity index (χ0v) is 16.8. The number of carbonyl (C=O) groups excluding carboxylic acids is 1. The van der Waals surface area contributed by atoms with Gasteiger partial charge in [-0.15, -0.1) is 0 Å². The van der Waals surface area contributed by atoms with Crippen molar-refractivity contribution in [1.82, 2.24) is 9.62 Å². The molecule has 150 valence electrons. The van der Waals surface area contributed by atoms with E-state index in [1.807, 2.05) is 42.2 Å². The van der Waals surface area contributed by atoms with Crippen molar-refractivity contribution in [1.29, 1.82) is 0 Å². The van der Waals surface area contributed by atoms with Gasteiger partial charge in [0, 0.05) is 25.6 Å². The van der Waals surface area contributed by atoms with Crippen LogP contribution in [0, 0.1) is 0 Å². The molecule has 0 spiro atoms. The summed E-state index contributed by atoms with van der Waals surface area (Å²) in [6.07, 6.45) is 1.000. The van der Waals surface area contributed by atoms with E-state index in [1.54, 1.807) is 24.3 Å². The third kappa shape index (κ3) is 5.41. The van der Waals surface area contributed by atoms with E-state index in [1.165, 1.54) is 0 Å². The van der Waals surface area contributed by atoms with Gasteiger partial charge in [0.25, 0.3) is 0 Å². The highest BCUT2D eigenvalue weighted by atomic mass is 32.2. The van der Waals surface area contributed by atoms with Crippen molar-refractivity contribution >= 4 is 15.9 Å². The number of hydrogen-bond acceptors (Lipinski definition) is 4. The molecule has 28 heavy (non-hydrogen) atoms. The highest BCUT2D eigenvalue weighted by molar-refractivity contribution is 7.89. The number of nitrogens with one attached hydrogen (secondary N) is 1. The third-order valence-electron chi connectivity index (χ3n) is 4.86. The van der Waals surface area contributed by atoms with Crippen molar-refractivity contribution in [2.75, 3.05) is 26.3 Å². The monoisotopic (exact) mass is 402 g/mol. The molecule has 2 aromatic rings. The molecule has 6 nitrogen and oxygen atoms in total. The Morgan fingerprint density at radius 3 is 2.36 bits per heavy atom. The Morgan fingerprint density at radius 1 is 1.07 bits per heavy atom. The lowest BCUT2D eigenvalue weighted by Gasteiger charge is -2.26. The van der Waals surface area contributed by atoms with Crippen molar-refractivity contribution in [3.05, 3.63) is 65.7 Å². The maximum atomic E-state index is 12.6.